The Morgan fingerprint density at radius 2 is 0.971 bits per heavy atom. The summed E-state index contributed by atoms with van der Waals surface area (Å²) in [4.78, 5) is 47.9. The van der Waals surface area contributed by atoms with Gasteiger partial charge in [-0.3, -0.25) is 9.59 Å². The summed E-state index contributed by atoms with van der Waals surface area (Å²) in [5.41, 5.74) is -1.21. The molecule has 4 N–H and O–H groups in total. The summed E-state index contributed by atoms with van der Waals surface area (Å²) in [6.45, 7) is 11.1. The zero-order valence-electron chi connectivity index (χ0n) is 20.7. The van der Waals surface area contributed by atoms with E-state index in [1.807, 2.05) is 0 Å². The molecule has 4 atom stereocenters. The lowest BCUT2D eigenvalue weighted by Crippen LogP contribution is -2.50. The zero-order chi connectivity index (χ0) is 26.4. The Labute approximate surface area is 199 Å². The molecule has 0 unspecified atom stereocenters. The number of aliphatic hydroxyl groups is 2. The first kappa shape index (κ1) is 29.4. The monoisotopic (exact) mass is 490 g/mol. The number of rotatable bonds is 2. The predicted octanol–water partition coefficient (Wildman–Crippen LogP) is 1.38. The van der Waals surface area contributed by atoms with Crippen molar-refractivity contribution >= 4 is 24.1 Å². The number of carbonyl (C=O) groups excluding carboxylic acids is 2. The second-order valence-electron chi connectivity index (χ2n) is 10.5. The second-order valence-corrected chi connectivity index (χ2v) is 10.5. The molecule has 12 heteroatoms. The molecule has 2 aliphatic rings. The lowest BCUT2D eigenvalue weighted by atomic mass is 9.95. The number of carboxylic acid groups (broad SMARTS) is 2. The molecular weight excluding hydrogens is 452 g/mol. The van der Waals surface area contributed by atoms with Crippen molar-refractivity contribution in [2.75, 3.05) is 26.2 Å². The first-order chi connectivity index (χ1) is 15.4. The number of carboxylic acids is 2. The summed E-state index contributed by atoms with van der Waals surface area (Å²) in [7, 11) is 0. The molecule has 2 fully saturated rings. The van der Waals surface area contributed by atoms with Gasteiger partial charge in [-0.25, -0.2) is 9.59 Å². The molecule has 0 radical (unpaired) electrons. The Morgan fingerprint density at radius 3 is 1.21 bits per heavy atom. The number of hydrogen-bond donors (Lipinski definition) is 4. The van der Waals surface area contributed by atoms with E-state index >= 15 is 0 Å². The molecule has 34 heavy (non-hydrogen) atoms. The number of aliphatic carboxylic acids is 2. The summed E-state index contributed by atoms with van der Waals surface area (Å²) < 4.78 is 10.3. The highest BCUT2D eigenvalue weighted by Crippen LogP contribution is 2.21. The molecule has 12 nitrogen and oxygen atoms in total. The minimum atomic E-state index is -1.09. The van der Waals surface area contributed by atoms with Crippen LogP contribution in [0.2, 0.25) is 0 Å². The van der Waals surface area contributed by atoms with E-state index < -0.39 is 59.4 Å². The number of hydrogen-bond acceptors (Lipinski definition) is 8. The van der Waals surface area contributed by atoms with Crippen LogP contribution < -0.4 is 0 Å². The van der Waals surface area contributed by atoms with Crippen molar-refractivity contribution in [3.05, 3.63) is 0 Å². The van der Waals surface area contributed by atoms with Gasteiger partial charge in [-0.2, -0.15) is 0 Å². The lowest BCUT2D eigenvalue weighted by molar-refractivity contribution is -0.149. The number of carbonyl (C=O) groups is 4. The van der Waals surface area contributed by atoms with Crippen molar-refractivity contribution in [2.24, 2.45) is 11.8 Å². The van der Waals surface area contributed by atoms with Crippen molar-refractivity contribution in [1.29, 1.82) is 0 Å². The maximum atomic E-state index is 11.7. The zero-order valence-corrected chi connectivity index (χ0v) is 20.7. The van der Waals surface area contributed by atoms with Crippen LogP contribution in [-0.4, -0.2) is 104 Å². The van der Waals surface area contributed by atoms with E-state index in [0.717, 1.165) is 0 Å². The van der Waals surface area contributed by atoms with Gasteiger partial charge in [-0.15, -0.1) is 0 Å². The van der Waals surface area contributed by atoms with Gasteiger partial charge in [0.25, 0.3) is 0 Å². The molecule has 196 valence electrons. The van der Waals surface area contributed by atoms with Crippen LogP contribution in [0.5, 0.6) is 0 Å². The quantitative estimate of drug-likeness (QED) is 0.442. The lowest BCUT2D eigenvalue weighted by Gasteiger charge is -2.35. The predicted molar refractivity (Wildman–Crippen MR) is 119 cm³/mol. The molecule has 0 aromatic carbocycles. The minimum absolute atomic E-state index is 0.00852. The molecule has 0 aromatic rings. The highest BCUT2D eigenvalue weighted by molar-refractivity contribution is 5.74. The number of amides is 2. The maximum absolute atomic E-state index is 11.7. The van der Waals surface area contributed by atoms with Crippen molar-refractivity contribution in [3.8, 4) is 0 Å². The van der Waals surface area contributed by atoms with Gasteiger partial charge in [-0.1, -0.05) is 0 Å². The van der Waals surface area contributed by atoms with Gasteiger partial charge in [0.15, 0.2) is 0 Å². The molecule has 0 aromatic heterocycles. The van der Waals surface area contributed by atoms with E-state index in [0.29, 0.717) is 13.1 Å². The van der Waals surface area contributed by atoms with E-state index in [9.17, 15) is 29.4 Å². The molecule has 2 rings (SSSR count). The number of piperidine rings is 2. The van der Waals surface area contributed by atoms with E-state index in [1.54, 1.807) is 41.5 Å². The summed E-state index contributed by atoms with van der Waals surface area (Å²) >= 11 is 0. The van der Waals surface area contributed by atoms with Crippen LogP contribution in [0.25, 0.3) is 0 Å². The highest BCUT2D eigenvalue weighted by Gasteiger charge is 2.37. The number of nitrogens with zero attached hydrogens (tertiary/aromatic N) is 2. The smallest absolute Gasteiger partial charge is 0.410 e. The van der Waals surface area contributed by atoms with Crippen molar-refractivity contribution in [2.45, 2.75) is 77.8 Å². The molecular formula is C22H38N2O10. The third kappa shape index (κ3) is 9.72. The molecule has 0 bridgehead atoms. The summed E-state index contributed by atoms with van der Waals surface area (Å²) in [5.74, 6) is -4.05. The van der Waals surface area contributed by atoms with Crippen LogP contribution in [0.15, 0.2) is 0 Å². The average Bonchev–Trinajstić information content (AvgIpc) is 2.66. The van der Waals surface area contributed by atoms with Crippen LogP contribution in [0.3, 0.4) is 0 Å². The number of likely N-dealkylation sites (tertiary alicyclic amines) is 2. The Kier molecular flexibility index (Phi) is 10.1. The number of ether oxygens (including phenoxy) is 2. The van der Waals surface area contributed by atoms with Crippen molar-refractivity contribution < 1.29 is 49.1 Å². The topological polar surface area (TPSA) is 174 Å². The van der Waals surface area contributed by atoms with Gasteiger partial charge >= 0.3 is 24.1 Å². The third-order valence-electron chi connectivity index (χ3n) is 5.09. The molecule has 0 spiro atoms. The normalized spacial score (nSPS) is 25.5. The molecule has 2 amide bonds. The largest absolute Gasteiger partial charge is 0.481 e. The van der Waals surface area contributed by atoms with E-state index in [-0.39, 0.29) is 25.9 Å². The summed E-state index contributed by atoms with van der Waals surface area (Å²) in [5, 5.41) is 36.8. The maximum Gasteiger partial charge on any atom is 0.410 e. The fourth-order valence-electron chi connectivity index (χ4n) is 3.35. The molecule has 2 saturated heterocycles. The molecule has 2 heterocycles. The van der Waals surface area contributed by atoms with Gasteiger partial charge in [0.1, 0.15) is 23.0 Å². The number of aliphatic hydroxyl groups excluding tert-OH is 2. The van der Waals surface area contributed by atoms with Gasteiger partial charge in [0, 0.05) is 26.2 Å². The minimum Gasteiger partial charge on any atom is -0.481 e. The Bertz CT molecular complexity index is 681. The van der Waals surface area contributed by atoms with Crippen molar-refractivity contribution in [1.82, 2.24) is 9.80 Å². The fraction of sp³-hybridized carbons (Fsp3) is 0.818. The Morgan fingerprint density at radius 1 is 0.676 bits per heavy atom. The van der Waals surface area contributed by atoms with Crippen LogP contribution >= 0.6 is 0 Å². The van der Waals surface area contributed by atoms with Gasteiger partial charge in [-0.05, 0) is 54.4 Å². The van der Waals surface area contributed by atoms with Crippen LogP contribution in [-0.2, 0) is 19.1 Å². The van der Waals surface area contributed by atoms with Crippen molar-refractivity contribution in [3.63, 3.8) is 0 Å². The van der Waals surface area contributed by atoms with Crippen LogP contribution in [0.1, 0.15) is 54.4 Å². The molecule has 2 aliphatic heterocycles. The summed E-state index contributed by atoms with van der Waals surface area (Å²) in [6, 6.07) is 0. The first-order valence-corrected chi connectivity index (χ1v) is 11.2. The second kappa shape index (κ2) is 11.7. The molecule has 0 saturated carbocycles. The van der Waals surface area contributed by atoms with Gasteiger partial charge in [0.05, 0.1) is 12.2 Å². The average molecular weight is 491 g/mol. The van der Waals surface area contributed by atoms with E-state index in [1.165, 1.54) is 9.80 Å². The van der Waals surface area contributed by atoms with Gasteiger partial charge in [0.2, 0.25) is 0 Å². The third-order valence-corrected chi connectivity index (χ3v) is 5.09. The SMILES string of the molecule is CC(C)(C)OC(=O)N1CC[C@@H](O)[C@@H](C(=O)O)C1.CC(C)(C)OC(=O)N1CC[C@H](O)[C@H](C(=O)O)C1. The van der Waals surface area contributed by atoms with Crippen LogP contribution in [0.4, 0.5) is 9.59 Å². The summed E-state index contributed by atoms with van der Waals surface area (Å²) in [6.07, 6.45) is -2.34. The standard InChI is InChI=1S/2C11H19NO5/c2*1-11(2,3)17-10(16)12-5-4-8(13)7(6-12)9(14)15/h2*7-8,13H,4-6H2,1-3H3,(H,14,15)/t2*7-,8+/m10/s1. The highest BCUT2D eigenvalue weighted by atomic mass is 16.6. The Balaban J connectivity index is 0.000000340. The van der Waals surface area contributed by atoms with Crippen LogP contribution in [0, 0.1) is 11.8 Å². The van der Waals surface area contributed by atoms with E-state index in [2.05, 4.69) is 0 Å². The van der Waals surface area contributed by atoms with E-state index in [4.69, 9.17) is 19.7 Å². The van der Waals surface area contributed by atoms with Gasteiger partial charge < -0.3 is 39.7 Å². The first-order valence-electron chi connectivity index (χ1n) is 11.2. The fourth-order valence-corrected chi connectivity index (χ4v) is 3.35. The Hall–Kier alpha value is -2.60. The molecule has 0 aliphatic carbocycles.